The molecule has 2 aromatic rings. The van der Waals surface area contributed by atoms with Gasteiger partial charge in [-0.3, -0.25) is 4.79 Å². The summed E-state index contributed by atoms with van der Waals surface area (Å²) >= 11 is 1.54. The highest BCUT2D eigenvalue weighted by atomic mass is 32.2. The van der Waals surface area contributed by atoms with Crippen LogP contribution in [0.5, 0.6) is 0 Å². The van der Waals surface area contributed by atoms with E-state index in [-0.39, 0.29) is 16.8 Å². The summed E-state index contributed by atoms with van der Waals surface area (Å²) in [5.41, 5.74) is 2.06. The minimum Gasteiger partial charge on any atom is -0.334 e. The van der Waals surface area contributed by atoms with E-state index in [9.17, 15) is 13.2 Å². The van der Waals surface area contributed by atoms with Crippen LogP contribution in [0.3, 0.4) is 0 Å². The number of sulfone groups is 1. The van der Waals surface area contributed by atoms with Crippen LogP contribution in [0.2, 0.25) is 0 Å². The first-order valence-electron chi connectivity index (χ1n) is 7.81. The molecule has 1 amide bonds. The van der Waals surface area contributed by atoms with Gasteiger partial charge < -0.3 is 4.90 Å². The van der Waals surface area contributed by atoms with Crippen molar-refractivity contribution in [1.29, 1.82) is 0 Å². The van der Waals surface area contributed by atoms with Crippen molar-refractivity contribution in [2.45, 2.75) is 38.1 Å². The molecular weight excluding hydrogens is 342 g/mol. The van der Waals surface area contributed by atoms with E-state index in [1.165, 1.54) is 11.1 Å². The average molecular weight is 366 g/mol. The molecule has 4 nitrogen and oxygen atoms in total. The Morgan fingerprint density at radius 3 is 2.29 bits per heavy atom. The molecule has 6 heteroatoms. The fourth-order valence-electron chi connectivity index (χ4n) is 2.54. The van der Waals surface area contributed by atoms with Crippen LogP contribution in [0.4, 0.5) is 0 Å². The van der Waals surface area contributed by atoms with Crippen LogP contribution < -0.4 is 0 Å². The number of hydrogen-bond acceptors (Lipinski definition) is 4. The van der Waals surface area contributed by atoms with Gasteiger partial charge in [-0.1, -0.05) is 19.1 Å². The van der Waals surface area contributed by atoms with Crippen LogP contribution in [-0.4, -0.2) is 32.5 Å². The van der Waals surface area contributed by atoms with Crippen LogP contribution in [0.15, 0.2) is 35.2 Å². The first-order valence-corrected chi connectivity index (χ1v) is 10.5. The summed E-state index contributed by atoms with van der Waals surface area (Å²) in [7, 11) is -1.43. The Bertz CT molecular complexity index is 836. The highest BCUT2D eigenvalue weighted by Crippen LogP contribution is 2.27. The number of hydrogen-bond donors (Lipinski definition) is 0. The molecular formula is C18H23NO3S2. The number of thiophene rings is 1. The van der Waals surface area contributed by atoms with Crippen molar-refractivity contribution in [3.8, 4) is 0 Å². The smallest absolute Gasteiger partial charge is 0.264 e. The van der Waals surface area contributed by atoms with Gasteiger partial charge in [0, 0.05) is 18.2 Å². The lowest BCUT2D eigenvalue weighted by atomic mass is 10.1. The summed E-state index contributed by atoms with van der Waals surface area (Å²) in [6.07, 6.45) is 2.11. The van der Waals surface area contributed by atoms with Gasteiger partial charge in [0.15, 0.2) is 9.84 Å². The van der Waals surface area contributed by atoms with Crippen LogP contribution >= 0.6 is 11.3 Å². The topological polar surface area (TPSA) is 54.5 Å². The Labute approximate surface area is 148 Å². The third-order valence-electron chi connectivity index (χ3n) is 4.24. The molecule has 24 heavy (non-hydrogen) atoms. The first kappa shape index (κ1) is 18.7. The number of amides is 1. The zero-order valence-electron chi connectivity index (χ0n) is 14.7. The highest BCUT2D eigenvalue weighted by Gasteiger charge is 2.21. The molecule has 1 atom stereocenters. The Hall–Kier alpha value is -1.66. The van der Waals surface area contributed by atoms with Gasteiger partial charge in [0.2, 0.25) is 0 Å². The minimum atomic E-state index is -3.21. The van der Waals surface area contributed by atoms with Crippen molar-refractivity contribution in [3.63, 3.8) is 0 Å². The lowest BCUT2D eigenvalue weighted by Crippen LogP contribution is -2.29. The zero-order valence-corrected chi connectivity index (χ0v) is 16.3. The second-order valence-electron chi connectivity index (χ2n) is 6.00. The monoisotopic (exact) mass is 365 g/mol. The summed E-state index contributed by atoms with van der Waals surface area (Å²) in [5, 5.41) is 0. The maximum Gasteiger partial charge on any atom is 0.264 e. The van der Waals surface area contributed by atoms with Crippen molar-refractivity contribution in [3.05, 3.63) is 51.2 Å². The number of nitrogens with zero attached hydrogens (tertiary/aromatic N) is 1. The van der Waals surface area contributed by atoms with Gasteiger partial charge in [0.1, 0.15) is 0 Å². The van der Waals surface area contributed by atoms with Gasteiger partial charge in [0.05, 0.1) is 15.8 Å². The van der Waals surface area contributed by atoms with E-state index in [1.54, 1.807) is 47.5 Å². The third kappa shape index (κ3) is 3.87. The fraction of sp³-hybridized carbons (Fsp3) is 0.389. The van der Waals surface area contributed by atoms with E-state index in [0.717, 1.165) is 22.4 Å². The predicted octanol–water partition coefficient (Wildman–Crippen LogP) is 3.86. The predicted molar refractivity (Wildman–Crippen MR) is 98.5 cm³/mol. The quantitative estimate of drug-likeness (QED) is 0.808. The van der Waals surface area contributed by atoms with Crippen LogP contribution in [-0.2, 0) is 16.3 Å². The van der Waals surface area contributed by atoms with Gasteiger partial charge in [0.25, 0.3) is 5.91 Å². The molecule has 0 saturated heterocycles. The minimum absolute atomic E-state index is 0.0116. The second kappa shape index (κ2) is 7.07. The SMILES string of the molecule is CCc1sc(C(=O)N(C)C(C)c2ccc(S(C)(=O)=O)cc2)cc1C. The molecule has 1 unspecified atom stereocenters. The molecule has 130 valence electrons. The van der Waals surface area contributed by atoms with E-state index in [1.807, 2.05) is 19.9 Å². The third-order valence-corrected chi connectivity index (χ3v) is 6.74. The molecule has 0 aliphatic heterocycles. The standard InChI is InChI=1S/C18H23NO3S2/c1-6-16-12(2)11-17(23-16)18(20)19(4)13(3)14-7-9-15(10-8-14)24(5,21)22/h7-11,13H,6H2,1-5H3. The molecule has 1 aromatic carbocycles. The maximum absolute atomic E-state index is 12.7. The van der Waals surface area contributed by atoms with Gasteiger partial charge in [-0.25, -0.2) is 8.42 Å². The van der Waals surface area contributed by atoms with Crippen LogP contribution in [0.1, 0.15) is 45.6 Å². The van der Waals surface area contributed by atoms with E-state index >= 15 is 0 Å². The Kier molecular flexibility index (Phi) is 5.50. The first-order chi connectivity index (χ1) is 11.1. The lowest BCUT2D eigenvalue weighted by Gasteiger charge is -2.25. The maximum atomic E-state index is 12.7. The molecule has 2 rings (SSSR count). The van der Waals surface area contributed by atoms with E-state index in [2.05, 4.69) is 6.92 Å². The molecule has 0 fully saturated rings. The molecule has 0 aliphatic rings. The molecule has 0 spiro atoms. The number of rotatable bonds is 5. The zero-order chi connectivity index (χ0) is 18.1. The Morgan fingerprint density at radius 2 is 1.83 bits per heavy atom. The largest absolute Gasteiger partial charge is 0.334 e. The molecule has 0 radical (unpaired) electrons. The van der Waals surface area contributed by atoms with Gasteiger partial charge >= 0.3 is 0 Å². The van der Waals surface area contributed by atoms with Crippen molar-refractivity contribution < 1.29 is 13.2 Å². The number of aryl methyl sites for hydroxylation is 2. The molecule has 0 saturated carbocycles. The van der Waals surface area contributed by atoms with Crippen LogP contribution in [0.25, 0.3) is 0 Å². The van der Waals surface area contributed by atoms with Gasteiger partial charge in [-0.05, 0) is 49.6 Å². The Balaban J connectivity index is 2.21. The normalized spacial score (nSPS) is 12.9. The fourth-order valence-corrected chi connectivity index (χ4v) is 4.27. The van der Waals surface area contributed by atoms with E-state index in [0.29, 0.717) is 0 Å². The molecule has 1 aromatic heterocycles. The average Bonchev–Trinajstić information content (AvgIpc) is 2.93. The van der Waals surface area contributed by atoms with Crippen molar-refractivity contribution in [2.24, 2.45) is 0 Å². The van der Waals surface area contributed by atoms with E-state index < -0.39 is 9.84 Å². The molecule has 1 heterocycles. The Morgan fingerprint density at radius 1 is 1.25 bits per heavy atom. The van der Waals surface area contributed by atoms with E-state index in [4.69, 9.17) is 0 Å². The molecule has 0 bridgehead atoms. The van der Waals surface area contributed by atoms with Crippen molar-refractivity contribution in [1.82, 2.24) is 4.90 Å². The van der Waals surface area contributed by atoms with Crippen molar-refractivity contribution in [2.75, 3.05) is 13.3 Å². The summed E-state index contributed by atoms with van der Waals surface area (Å²) in [6.45, 7) is 6.05. The number of carbonyl (C=O) groups is 1. The molecule has 0 aliphatic carbocycles. The molecule has 0 N–H and O–H groups in total. The van der Waals surface area contributed by atoms with Crippen LogP contribution in [0, 0.1) is 6.92 Å². The van der Waals surface area contributed by atoms with Gasteiger partial charge in [-0.15, -0.1) is 11.3 Å². The number of carbonyl (C=O) groups excluding carboxylic acids is 1. The second-order valence-corrected chi connectivity index (χ2v) is 9.16. The summed E-state index contributed by atoms with van der Waals surface area (Å²) in [6, 6.07) is 8.51. The summed E-state index contributed by atoms with van der Waals surface area (Å²) in [4.78, 5) is 16.7. The van der Waals surface area contributed by atoms with Crippen molar-refractivity contribution >= 4 is 27.1 Å². The highest BCUT2D eigenvalue weighted by molar-refractivity contribution is 7.90. The summed E-state index contributed by atoms with van der Waals surface area (Å²) in [5.74, 6) is -0.0116. The van der Waals surface area contributed by atoms with Gasteiger partial charge in [-0.2, -0.15) is 0 Å². The lowest BCUT2D eigenvalue weighted by molar-refractivity contribution is 0.0747. The number of benzene rings is 1. The summed E-state index contributed by atoms with van der Waals surface area (Å²) < 4.78 is 23.1.